The summed E-state index contributed by atoms with van der Waals surface area (Å²) in [6.45, 7) is 3.31. The van der Waals surface area contributed by atoms with E-state index in [0.717, 1.165) is 6.54 Å². The van der Waals surface area contributed by atoms with Crippen molar-refractivity contribution in [2.75, 3.05) is 0 Å². The first kappa shape index (κ1) is 12.4. The molecule has 1 aliphatic rings. The van der Waals surface area contributed by atoms with Crippen molar-refractivity contribution in [3.63, 3.8) is 0 Å². The molecule has 0 heterocycles. The van der Waals surface area contributed by atoms with Crippen LogP contribution in [0.15, 0.2) is 54.6 Å². The maximum atomic E-state index is 3.67. The largest absolute Gasteiger partial charge is 0.307 e. The zero-order valence-electron chi connectivity index (χ0n) is 11.5. The molecule has 0 aliphatic heterocycles. The quantitative estimate of drug-likeness (QED) is 0.850. The van der Waals surface area contributed by atoms with Crippen LogP contribution >= 0.6 is 0 Å². The lowest BCUT2D eigenvalue weighted by Gasteiger charge is -2.39. The number of benzene rings is 2. The molecule has 19 heavy (non-hydrogen) atoms. The van der Waals surface area contributed by atoms with E-state index in [0.29, 0.717) is 5.54 Å². The van der Waals surface area contributed by atoms with Crippen molar-refractivity contribution in [1.82, 2.24) is 5.32 Å². The van der Waals surface area contributed by atoms with Crippen molar-refractivity contribution in [3.05, 3.63) is 60.2 Å². The van der Waals surface area contributed by atoms with Crippen LogP contribution in [-0.2, 0) is 6.54 Å². The minimum Gasteiger partial charge on any atom is -0.307 e. The van der Waals surface area contributed by atoms with Gasteiger partial charge in [0.2, 0.25) is 0 Å². The van der Waals surface area contributed by atoms with Gasteiger partial charge in [0.25, 0.3) is 0 Å². The van der Waals surface area contributed by atoms with E-state index >= 15 is 0 Å². The van der Waals surface area contributed by atoms with E-state index in [-0.39, 0.29) is 0 Å². The average Bonchev–Trinajstić information content (AvgIpc) is 2.45. The third-order valence-electron chi connectivity index (χ3n) is 4.24. The molecular weight excluding hydrogens is 230 g/mol. The number of nitrogens with one attached hydrogen (secondary N) is 1. The zero-order valence-corrected chi connectivity index (χ0v) is 11.5. The highest BCUT2D eigenvalue weighted by Crippen LogP contribution is 2.31. The summed E-state index contributed by atoms with van der Waals surface area (Å²) in [4.78, 5) is 0. The average molecular weight is 251 g/mol. The van der Waals surface area contributed by atoms with Gasteiger partial charge in [-0.2, -0.15) is 0 Å². The molecule has 1 nitrogen and oxygen atoms in total. The summed E-state index contributed by atoms with van der Waals surface area (Å²) in [5, 5.41) is 3.67. The third kappa shape index (κ3) is 2.87. The summed E-state index contributed by atoms with van der Waals surface area (Å²) in [7, 11) is 0. The van der Waals surface area contributed by atoms with Crippen LogP contribution in [0.3, 0.4) is 0 Å². The third-order valence-corrected chi connectivity index (χ3v) is 4.24. The van der Waals surface area contributed by atoms with Gasteiger partial charge in [0.15, 0.2) is 0 Å². The van der Waals surface area contributed by atoms with Gasteiger partial charge in [-0.25, -0.2) is 0 Å². The van der Waals surface area contributed by atoms with Gasteiger partial charge < -0.3 is 5.32 Å². The van der Waals surface area contributed by atoms with Crippen molar-refractivity contribution < 1.29 is 0 Å². The molecule has 0 amide bonds. The molecule has 2 aromatic carbocycles. The second-order valence-electron chi connectivity index (χ2n) is 5.83. The molecule has 0 bridgehead atoms. The van der Waals surface area contributed by atoms with Gasteiger partial charge in [0.1, 0.15) is 0 Å². The summed E-state index contributed by atoms with van der Waals surface area (Å²) in [5.41, 5.74) is 4.33. The topological polar surface area (TPSA) is 12.0 Å². The maximum absolute atomic E-state index is 3.67. The van der Waals surface area contributed by atoms with E-state index in [1.54, 1.807) is 0 Å². The van der Waals surface area contributed by atoms with Crippen molar-refractivity contribution >= 4 is 0 Å². The second kappa shape index (κ2) is 5.18. The van der Waals surface area contributed by atoms with Crippen LogP contribution in [0, 0.1) is 0 Å². The minimum atomic E-state index is 0.387. The van der Waals surface area contributed by atoms with Crippen LogP contribution < -0.4 is 5.32 Å². The summed E-state index contributed by atoms with van der Waals surface area (Å²) >= 11 is 0. The fourth-order valence-electron chi connectivity index (χ4n) is 2.64. The Morgan fingerprint density at radius 2 is 1.53 bits per heavy atom. The van der Waals surface area contributed by atoms with Gasteiger partial charge in [0, 0.05) is 12.1 Å². The Labute approximate surface area is 115 Å². The van der Waals surface area contributed by atoms with Gasteiger partial charge in [-0.1, -0.05) is 54.6 Å². The molecule has 1 fully saturated rings. The normalized spacial score (nSPS) is 16.9. The predicted octanol–water partition coefficient (Wildman–Crippen LogP) is 4.39. The van der Waals surface area contributed by atoms with Crippen molar-refractivity contribution in [1.29, 1.82) is 0 Å². The zero-order chi connectivity index (χ0) is 13.1. The smallest absolute Gasteiger partial charge is 0.0210 e. The highest BCUT2D eigenvalue weighted by atomic mass is 15.0. The standard InChI is InChI=1S/C18H21N/c1-18(12-5-13-18)19-14-15-8-10-17(11-9-15)16-6-3-2-4-7-16/h2-4,6-11,19H,5,12-14H2,1H3. The van der Waals surface area contributed by atoms with Crippen LogP contribution in [0.25, 0.3) is 11.1 Å². The molecular formula is C18H21N. The fourth-order valence-corrected chi connectivity index (χ4v) is 2.64. The van der Waals surface area contributed by atoms with Gasteiger partial charge in [-0.15, -0.1) is 0 Å². The molecule has 1 saturated carbocycles. The Kier molecular flexibility index (Phi) is 3.39. The van der Waals surface area contributed by atoms with E-state index in [1.165, 1.54) is 36.0 Å². The molecule has 1 aliphatic carbocycles. The number of rotatable bonds is 4. The van der Waals surface area contributed by atoms with Crippen molar-refractivity contribution in [2.24, 2.45) is 0 Å². The molecule has 98 valence electrons. The minimum absolute atomic E-state index is 0.387. The Morgan fingerprint density at radius 1 is 0.895 bits per heavy atom. The highest BCUT2D eigenvalue weighted by molar-refractivity contribution is 5.63. The van der Waals surface area contributed by atoms with Crippen molar-refractivity contribution in [2.45, 2.75) is 38.3 Å². The van der Waals surface area contributed by atoms with E-state index in [2.05, 4.69) is 66.8 Å². The van der Waals surface area contributed by atoms with Crippen LogP contribution in [0.5, 0.6) is 0 Å². The Morgan fingerprint density at radius 3 is 2.11 bits per heavy atom. The van der Waals surface area contributed by atoms with Gasteiger partial charge >= 0.3 is 0 Å². The van der Waals surface area contributed by atoms with Crippen LogP contribution in [-0.4, -0.2) is 5.54 Å². The molecule has 3 rings (SSSR count). The second-order valence-corrected chi connectivity index (χ2v) is 5.83. The lowest BCUT2D eigenvalue weighted by Crippen LogP contribution is -2.47. The molecule has 0 atom stereocenters. The van der Waals surface area contributed by atoms with Crippen LogP contribution in [0.4, 0.5) is 0 Å². The monoisotopic (exact) mass is 251 g/mol. The Bertz CT molecular complexity index is 523. The van der Waals surface area contributed by atoms with E-state index < -0.39 is 0 Å². The van der Waals surface area contributed by atoms with Gasteiger partial charge in [-0.3, -0.25) is 0 Å². The van der Waals surface area contributed by atoms with Crippen LogP contribution in [0.1, 0.15) is 31.7 Å². The lowest BCUT2D eigenvalue weighted by atomic mass is 9.78. The predicted molar refractivity (Wildman–Crippen MR) is 81.0 cm³/mol. The molecule has 0 radical (unpaired) electrons. The molecule has 0 aromatic heterocycles. The number of hydrogen-bond donors (Lipinski definition) is 1. The molecule has 2 aromatic rings. The summed E-state index contributed by atoms with van der Waals surface area (Å²) < 4.78 is 0. The van der Waals surface area contributed by atoms with Crippen molar-refractivity contribution in [3.8, 4) is 11.1 Å². The molecule has 1 N–H and O–H groups in total. The van der Waals surface area contributed by atoms with E-state index in [9.17, 15) is 0 Å². The fraction of sp³-hybridized carbons (Fsp3) is 0.333. The summed E-state index contributed by atoms with van der Waals surface area (Å²) in [6.07, 6.45) is 4.00. The highest BCUT2D eigenvalue weighted by Gasteiger charge is 2.30. The Balaban J connectivity index is 1.66. The van der Waals surface area contributed by atoms with Gasteiger partial charge in [0.05, 0.1) is 0 Å². The summed E-state index contributed by atoms with van der Waals surface area (Å²) in [5.74, 6) is 0. The first-order valence-electron chi connectivity index (χ1n) is 7.15. The van der Waals surface area contributed by atoms with E-state index in [4.69, 9.17) is 0 Å². The maximum Gasteiger partial charge on any atom is 0.0210 e. The lowest BCUT2D eigenvalue weighted by molar-refractivity contribution is 0.207. The summed E-state index contributed by atoms with van der Waals surface area (Å²) in [6, 6.07) is 19.4. The van der Waals surface area contributed by atoms with Crippen LogP contribution in [0.2, 0.25) is 0 Å². The molecule has 1 heteroatoms. The number of hydrogen-bond acceptors (Lipinski definition) is 1. The first-order chi connectivity index (χ1) is 9.25. The SMILES string of the molecule is CC1(NCc2ccc(-c3ccccc3)cc2)CCC1. The van der Waals surface area contributed by atoms with Gasteiger partial charge in [-0.05, 0) is 42.9 Å². The first-order valence-corrected chi connectivity index (χ1v) is 7.15. The van der Waals surface area contributed by atoms with E-state index in [1.807, 2.05) is 0 Å². The molecule has 0 spiro atoms. The molecule has 0 unspecified atom stereocenters. The molecule has 0 saturated heterocycles. The Hall–Kier alpha value is -1.60.